The number of hydrogen-bond acceptors (Lipinski definition) is 3. The van der Waals surface area contributed by atoms with Gasteiger partial charge in [-0.25, -0.2) is 4.39 Å². The normalized spacial score (nSPS) is 18.1. The maximum absolute atomic E-state index is 13.8. The first-order valence-corrected chi connectivity index (χ1v) is 6.35. The average Bonchev–Trinajstić information content (AvgIpc) is 2.78. The maximum Gasteiger partial charge on any atom is 0.165 e. The quantitative estimate of drug-likeness (QED) is 0.903. The van der Waals surface area contributed by atoms with Crippen molar-refractivity contribution >= 4 is 5.82 Å². The van der Waals surface area contributed by atoms with Crippen molar-refractivity contribution in [2.45, 2.75) is 25.3 Å². The fourth-order valence-electron chi connectivity index (χ4n) is 2.74. The van der Waals surface area contributed by atoms with E-state index < -0.39 is 0 Å². The van der Waals surface area contributed by atoms with Gasteiger partial charge in [-0.1, -0.05) is 6.07 Å². The molecule has 4 nitrogen and oxygen atoms in total. The fraction of sp³-hybridized carbons (Fsp3) is 0.357. The molecule has 3 rings (SSSR count). The van der Waals surface area contributed by atoms with Gasteiger partial charge < -0.3 is 10.5 Å². The zero-order valence-corrected chi connectivity index (χ0v) is 10.8. The van der Waals surface area contributed by atoms with E-state index in [0.29, 0.717) is 5.82 Å². The summed E-state index contributed by atoms with van der Waals surface area (Å²) in [5.41, 5.74) is 7.76. The molecule has 0 fully saturated rings. The summed E-state index contributed by atoms with van der Waals surface area (Å²) < 4.78 is 20.7. The lowest BCUT2D eigenvalue weighted by Crippen LogP contribution is -2.17. The van der Waals surface area contributed by atoms with Crippen LogP contribution in [0.4, 0.5) is 10.2 Å². The molecule has 1 aromatic carbocycles. The van der Waals surface area contributed by atoms with Crippen LogP contribution >= 0.6 is 0 Å². The Morgan fingerprint density at radius 3 is 3.00 bits per heavy atom. The number of nitrogens with zero attached hydrogens (tertiary/aromatic N) is 2. The number of methoxy groups -OCH3 is 1. The molecule has 0 saturated carbocycles. The largest absolute Gasteiger partial charge is 0.494 e. The van der Waals surface area contributed by atoms with Crippen molar-refractivity contribution in [3.63, 3.8) is 0 Å². The van der Waals surface area contributed by atoms with Crippen molar-refractivity contribution in [2.24, 2.45) is 0 Å². The first-order valence-electron chi connectivity index (χ1n) is 6.35. The van der Waals surface area contributed by atoms with E-state index in [9.17, 15) is 4.39 Å². The molecule has 0 bridgehead atoms. The van der Waals surface area contributed by atoms with E-state index in [1.54, 1.807) is 12.1 Å². The van der Waals surface area contributed by atoms with E-state index in [1.165, 1.54) is 7.11 Å². The maximum atomic E-state index is 13.8. The van der Waals surface area contributed by atoms with Gasteiger partial charge in [0, 0.05) is 24.2 Å². The summed E-state index contributed by atoms with van der Waals surface area (Å²) in [6.07, 6.45) is 2.00. The summed E-state index contributed by atoms with van der Waals surface area (Å²) in [6, 6.07) is 7.00. The molecule has 2 aromatic rings. The predicted octanol–water partition coefficient (Wildman–Crippen LogP) is 2.54. The van der Waals surface area contributed by atoms with Gasteiger partial charge in [0.1, 0.15) is 5.82 Å². The number of fused-ring (bicyclic) bond motifs is 1. The standard InChI is InChI=1S/C14H16FN3O/c1-19-13-5-4-9(7-11(13)15)10-3-2-6-18-12(10)8-14(16)17-18/h4-5,7-8,10H,2-3,6H2,1H3,(H2,16,17). The van der Waals surface area contributed by atoms with E-state index in [2.05, 4.69) is 5.10 Å². The van der Waals surface area contributed by atoms with Gasteiger partial charge in [-0.3, -0.25) is 4.68 Å². The highest BCUT2D eigenvalue weighted by molar-refractivity contribution is 5.39. The van der Waals surface area contributed by atoms with Crippen LogP contribution in [-0.4, -0.2) is 16.9 Å². The Balaban J connectivity index is 2.01. The molecule has 1 aromatic heterocycles. The Hall–Kier alpha value is -2.04. The van der Waals surface area contributed by atoms with E-state index in [0.717, 1.165) is 30.6 Å². The predicted molar refractivity (Wildman–Crippen MR) is 70.7 cm³/mol. The van der Waals surface area contributed by atoms with E-state index in [1.807, 2.05) is 16.8 Å². The Labute approximate surface area is 111 Å². The van der Waals surface area contributed by atoms with Gasteiger partial charge in [0.25, 0.3) is 0 Å². The lowest BCUT2D eigenvalue weighted by Gasteiger charge is -2.24. The number of nitrogen functional groups attached to an aromatic ring is 1. The van der Waals surface area contributed by atoms with Gasteiger partial charge in [-0.05, 0) is 30.5 Å². The number of aromatic nitrogens is 2. The van der Waals surface area contributed by atoms with Crippen LogP contribution in [0, 0.1) is 5.82 Å². The second kappa shape index (κ2) is 4.57. The Morgan fingerprint density at radius 2 is 2.26 bits per heavy atom. The third kappa shape index (κ3) is 2.05. The van der Waals surface area contributed by atoms with Crippen LogP contribution in [0.25, 0.3) is 0 Å². The number of benzene rings is 1. The summed E-state index contributed by atoms with van der Waals surface area (Å²) in [6.45, 7) is 0.877. The summed E-state index contributed by atoms with van der Waals surface area (Å²) in [4.78, 5) is 0. The van der Waals surface area contributed by atoms with Gasteiger partial charge in [0.05, 0.1) is 7.11 Å². The second-order valence-electron chi connectivity index (χ2n) is 4.81. The molecule has 2 N–H and O–H groups in total. The SMILES string of the molecule is COc1ccc(C2CCCn3nc(N)cc32)cc1F. The molecular formula is C14H16FN3O. The number of rotatable bonds is 2. The topological polar surface area (TPSA) is 53.1 Å². The van der Waals surface area contributed by atoms with Crippen LogP contribution in [-0.2, 0) is 6.54 Å². The first kappa shape index (κ1) is 12.0. The number of aryl methyl sites for hydroxylation is 1. The molecule has 0 radical (unpaired) electrons. The minimum Gasteiger partial charge on any atom is -0.494 e. The van der Waals surface area contributed by atoms with Crippen molar-refractivity contribution in [1.82, 2.24) is 9.78 Å². The third-order valence-corrected chi connectivity index (χ3v) is 3.63. The lowest BCUT2D eigenvalue weighted by molar-refractivity contribution is 0.385. The molecule has 1 unspecified atom stereocenters. The number of halogens is 1. The fourth-order valence-corrected chi connectivity index (χ4v) is 2.74. The van der Waals surface area contributed by atoms with Crippen LogP contribution in [0.2, 0.25) is 0 Å². The molecule has 1 aliphatic rings. The van der Waals surface area contributed by atoms with Crippen LogP contribution < -0.4 is 10.5 Å². The zero-order valence-electron chi connectivity index (χ0n) is 10.8. The average molecular weight is 261 g/mol. The molecule has 1 aliphatic heterocycles. The molecule has 2 heterocycles. The minimum atomic E-state index is -0.329. The van der Waals surface area contributed by atoms with Gasteiger partial charge >= 0.3 is 0 Å². The Kier molecular flexibility index (Phi) is 2.89. The molecule has 0 amide bonds. The third-order valence-electron chi connectivity index (χ3n) is 3.63. The second-order valence-corrected chi connectivity index (χ2v) is 4.81. The highest BCUT2D eigenvalue weighted by Gasteiger charge is 2.24. The van der Waals surface area contributed by atoms with Crippen LogP contribution in [0.15, 0.2) is 24.3 Å². The summed E-state index contributed by atoms with van der Waals surface area (Å²) in [7, 11) is 1.47. The molecule has 19 heavy (non-hydrogen) atoms. The van der Waals surface area contributed by atoms with Gasteiger partial charge in [0.2, 0.25) is 0 Å². The highest BCUT2D eigenvalue weighted by atomic mass is 19.1. The van der Waals surface area contributed by atoms with Crippen molar-refractivity contribution < 1.29 is 9.13 Å². The smallest absolute Gasteiger partial charge is 0.165 e. The molecule has 5 heteroatoms. The van der Waals surface area contributed by atoms with Crippen molar-refractivity contribution in [3.8, 4) is 5.75 Å². The van der Waals surface area contributed by atoms with Crippen LogP contribution in [0.3, 0.4) is 0 Å². The van der Waals surface area contributed by atoms with Crippen molar-refractivity contribution in [1.29, 1.82) is 0 Å². The zero-order chi connectivity index (χ0) is 13.4. The van der Waals surface area contributed by atoms with Crippen LogP contribution in [0.5, 0.6) is 5.75 Å². The monoisotopic (exact) mass is 261 g/mol. The van der Waals surface area contributed by atoms with Crippen molar-refractivity contribution in [3.05, 3.63) is 41.3 Å². The van der Waals surface area contributed by atoms with E-state index in [4.69, 9.17) is 10.5 Å². The summed E-state index contributed by atoms with van der Waals surface area (Å²) in [5, 5.41) is 4.26. The van der Waals surface area contributed by atoms with Gasteiger partial charge in [-0.2, -0.15) is 5.10 Å². The van der Waals surface area contributed by atoms with E-state index >= 15 is 0 Å². The van der Waals surface area contributed by atoms with Crippen LogP contribution in [0.1, 0.15) is 30.0 Å². The number of ether oxygens (including phenoxy) is 1. The van der Waals surface area contributed by atoms with Gasteiger partial charge in [0.15, 0.2) is 11.6 Å². The molecule has 1 atom stereocenters. The lowest BCUT2D eigenvalue weighted by atomic mass is 9.89. The molecule has 0 aliphatic carbocycles. The summed E-state index contributed by atoms with van der Waals surface area (Å²) in [5.74, 6) is 0.618. The molecule has 0 saturated heterocycles. The highest BCUT2D eigenvalue weighted by Crippen LogP contribution is 2.35. The minimum absolute atomic E-state index is 0.152. The van der Waals surface area contributed by atoms with E-state index in [-0.39, 0.29) is 17.5 Å². The molecule has 0 spiro atoms. The molecule has 100 valence electrons. The number of anilines is 1. The first-order chi connectivity index (χ1) is 9.19. The molecular weight excluding hydrogens is 245 g/mol. The van der Waals surface area contributed by atoms with Crippen molar-refractivity contribution in [2.75, 3.05) is 12.8 Å². The summed E-state index contributed by atoms with van der Waals surface area (Å²) >= 11 is 0. The Morgan fingerprint density at radius 1 is 1.42 bits per heavy atom. The van der Waals surface area contributed by atoms with Gasteiger partial charge in [-0.15, -0.1) is 0 Å². The number of nitrogens with two attached hydrogens (primary N) is 1. The number of hydrogen-bond donors (Lipinski definition) is 1. The Bertz CT molecular complexity index is 609.